The van der Waals surface area contributed by atoms with Crippen LogP contribution in [0.4, 0.5) is 0 Å². The zero-order valence-corrected chi connectivity index (χ0v) is 13.2. The molecule has 1 unspecified atom stereocenters. The fraction of sp³-hybridized carbons (Fsp3) is 0.588. The summed E-state index contributed by atoms with van der Waals surface area (Å²) in [5.41, 5.74) is 0.430. The minimum atomic E-state index is -0.617. The maximum Gasteiger partial charge on any atom is 0.144 e. The summed E-state index contributed by atoms with van der Waals surface area (Å²) in [4.78, 5) is 4.91. The van der Waals surface area contributed by atoms with Gasteiger partial charge in [-0.2, -0.15) is 5.26 Å². The Kier molecular flexibility index (Phi) is 5.75. The summed E-state index contributed by atoms with van der Waals surface area (Å²) >= 11 is 0. The monoisotopic (exact) mass is 286 g/mol. The van der Waals surface area contributed by atoms with Crippen molar-refractivity contribution in [2.75, 3.05) is 46.3 Å². The number of nitrogens with one attached hydrogen (secondary N) is 1. The van der Waals surface area contributed by atoms with E-state index in [9.17, 15) is 5.26 Å². The van der Waals surface area contributed by atoms with Crippen molar-refractivity contribution in [2.45, 2.75) is 18.9 Å². The van der Waals surface area contributed by atoms with Crippen LogP contribution in [0.3, 0.4) is 0 Å². The van der Waals surface area contributed by atoms with Crippen LogP contribution in [0.25, 0.3) is 0 Å². The summed E-state index contributed by atoms with van der Waals surface area (Å²) in [5.74, 6) is 0. The zero-order chi connectivity index (χ0) is 15.1. The molecule has 0 aliphatic carbocycles. The van der Waals surface area contributed by atoms with Crippen molar-refractivity contribution in [1.82, 2.24) is 15.1 Å². The van der Waals surface area contributed by atoms with Crippen LogP contribution in [0.5, 0.6) is 0 Å². The van der Waals surface area contributed by atoms with Gasteiger partial charge in [0, 0.05) is 32.7 Å². The molecular weight excluding hydrogens is 260 g/mol. The lowest BCUT2D eigenvalue weighted by atomic mass is 9.90. The Morgan fingerprint density at radius 1 is 1.14 bits per heavy atom. The lowest BCUT2D eigenvalue weighted by Crippen LogP contribution is -2.54. The molecule has 4 nitrogen and oxygen atoms in total. The molecule has 0 aromatic heterocycles. The first kappa shape index (κ1) is 16.0. The van der Waals surface area contributed by atoms with Crippen LogP contribution in [0.15, 0.2) is 30.3 Å². The van der Waals surface area contributed by atoms with E-state index >= 15 is 0 Å². The van der Waals surface area contributed by atoms with Crippen LogP contribution in [0.1, 0.15) is 18.9 Å². The van der Waals surface area contributed by atoms with Gasteiger partial charge in [0.25, 0.3) is 0 Å². The van der Waals surface area contributed by atoms with Crippen LogP contribution >= 0.6 is 0 Å². The van der Waals surface area contributed by atoms with Gasteiger partial charge in [0.15, 0.2) is 0 Å². The highest BCUT2D eigenvalue weighted by atomic mass is 15.3. The van der Waals surface area contributed by atoms with Gasteiger partial charge in [-0.05, 0) is 25.6 Å². The van der Waals surface area contributed by atoms with Crippen LogP contribution in [-0.2, 0) is 5.54 Å². The Labute approximate surface area is 128 Å². The van der Waals surface area contributed by atoms with Gasteiger partial charge in [0.2, 0.25) is 0 Å². The van der Waals surface area contributed by atoms with E-state index < -0.39 is 5.54 Å². The highest BCUT2D eigenvalue weighted by Gasteiger charge is 2.33. The number of hydrogen-bond acceptors (Lipinski definition) is 4. The predicted molar refractivity (Wildman–Crippen MR) is 86.0 cm³/mol. The third-order valence-electron chi connectivity index (χ3n) is 4.35. The second-order valence-corrected chi connectivity index (χ2v) is 5.75. The number of piperazine rings is 1. The fourth-order valence-electron chi connectivity index (χ4n) is 3.02. The first-order valence-corrected chi connectivity index (χ1v) is 7.84. The van der Waals surface area contributed by atoms with Crippen molar-refractivity contribution < 1.29 is 0 Å². The number of likely N-dealkylation sites (N-methyl/N-ethyl adjacent to an activating group) is 1. The summed E-state index contributed by atoms with van der Waals surface area (Å²) in [6.07, 6.45) is 1.21. The molecule has 4 heteroatoms. The van der Waals surface area contributed by atoms with Crippen LogP contribution in [0, 0.1) is 11.3 Å². The van der Waals surface area contributed by atoms with Crippen molar-refractivity contribution in [2.24, 2.45) is 0 Å². The van der Waals surface area contributed by atoms with E-state index in [0.717, 1.165) is 38.3 Å². The van der Waals surface area contributed by atoms with Gasteiger partial charge >= 0.3 is 0 Å². The number of nitrogens with zero attached hydrogens (tertiary/aromatic N) is 3. The van der Waals surface area contributed by atoms with Crippen molar-refractivity contribution in [1.29, 1.82) is 5.26 Å². The number of benzene rings is 1. The molecule has 1 N–H and O–H groups in total. The Hall–Kier alpha value is -1.41. The molecule has 0 spiro atoms. The molecule has 0 amide bonds. The van der Waals surface area contributed by atoms with Gasteiger partial charge in [0.1, 0.15) is 5.54 Å². The molecule has 114 valence electrons. The highest BCUT2D eigenvalue weighted by Crippen LogP contribution is 2.22. The van der Waals surface area contributed by atoms with Crippen molar-refractivity contribution in [3.05, 3.63) is 35.9 Å². The molecule has 0 saturated carbocycles. The van der Waals surface area contributed by atoms with Crippen LogP contribution in [-0.4, -0.2) is 56.1 Å². The molecule has 21 heavy (non-hydrogen) atoms. The molecule has 1 aromatic carbocycles. The lowest BCUT2D eigenvalue weighted by molar-refractivity contribution is 0.113. The first-order valence-electron chi connectivity index (χ1n) is 7.84. The highest BCUT2D eigenvalue weighted by molar-refractivity contribution is 5.32. The van der Waals surface area contributed by atoms with E-state index in [2.05, 4.69) is 28.1 Å². The van der Waals surface area contributed by atoms with E-state index in [1.165, 1.54) is 13.0 Å². The number of hydrogen-bond donors (Lipinski definition) is 1. The molecule has 1 aliphatic rings. The second-order valence-electron chi connectivity index (χ2n) is 5.75. The van der Waals surface area contributed by atoms with Crippen LogP contribution in [0.2, 0.25) is 0 Å². The molecule has 1 atom stereocenters. The topological polar surface area (TPSA) is 42.3 Å². The van der Waals surface area contributed by atoms with E-state index in [-0.39, 0.29) is 0 Å². The molecule has 1 aromatic rings. The molecule has 1 fully saturated rings. The zero-order valence-electron chi connectivity index (χ0n) is 13.2. The first-order chi connectivity index (χ1) is 10.2. The molecule has 1 heterocycles. The Bertz CT molecular complexity index is 459. The van der Waals surface area contributed by atoms with E-state index in [1.54, 1.807) is 0 Å². The van der Waals surface area contributed by atoms with Gasteiger partial charge < -0.3 is 4.90 Å². The predicted octanol–water partition coefficient (Wildman–Crippen LogP) is 1.65. The normalized spacial score (nSPS) is 19.9. The standard InChI is InChI=1S/C17H26N4/c1-3-9-20-10-12-21(13-11-20)15-17(14-18,19-2)16-7-5-4-6-8-16/h4-8,19H,3,9-13,15H2,1-2H3. The third kappa shape index (κ3) is 3.82. The van der Waals surface area contributed by atoms with E-state index in [1.807, 2.05) is 37.4 Å². The Morgan fingerprint density at radius 3 is 2.29 bits per heavy atom. The summed E-state index contributed by atoms with van der Waals surface area (Å²) in [7, 11) is 1.88. The maximum absolute atomic E-state index is 9.75. The summed E-state index contributed by atoms with van der Waals surface area (Å²) in [5, 5.41) is 13.0. The molecule has 0 radical (unpaired) electrons. The minimum absolute atomic E-state index is 0.617. The Morgan fingerprint density at radius 2 is 1.76 bits per heavy atom. The average Bonchev–Trinajstić information content (AvgIpc) is 2.55. The minimum Gasteiger partial charge on any atom is -0.301 e. The molecule has 2 rings (SSSR count). The smallest absolute Gasteiger partial charge is 0.144 e. The third-order valence-corrected chi connectivity index (χ3v) is 4.35. The van der Waals surface area contributed by atoms with E-state index in [4.69, 9.17) is 0 Å². The molecule has 1 aliphatic heterocycles. The number of rotatable bonds is 6. The van der Waals surface area contributed by atoms with Crippen molar-refractivity contribution >= 4 is 0 Å². The van der Waals surface area contributed by atoms with Crippen LogP contribution < -0.4 is 5.32 Å². The van der Waals surface area contributed by atoms with Crippen molar-refractivity contribution in [3.63, 3.8) is 0 Å². The summed E-state index contributed by atoms with van der Waals surface area (Å²) in [6, 6.07) is 12.6. The quantitative estimate of drug-likeness (QED) is 0.863. The Balaban J connectivity index is 2.03. The maximum atomic E-state index is 9.75. The van der Waals surface area contributed by atoms with Gasteiger partial charge in [-0.25, -0.2) is 0 Å². The summed E-state index contributed by atoms with van der Waals surface area (Å²) in [6.45, 7) is 8.44. The second kappa shape index (κ2) is 7.56. The largest absolute Gasteiger partial charge is 0.301 e. The summed E-state index contributed by atoms with van der Waals surface area (Å²) < 4.78 is 0. The molecule has 0 bridgehead atoms. The van der Waals surface area contributed by atoms with Gasteiger partial charge in [-0.15, -0.1) is 0 Å². The number of nitriles is 1. The van der Waals surface area contributed by atoms with Gasteiger partial charge in [-0.3, -0.25) is 10.2 Å². The average molecular weight is 286 g/mol. The molecular formula is C17H26N4. The van der Waals surface area contributed by atoms with Gasteiger partial charge in [-0.1, -0.05) is 37.3 Å². The molecule has 1 saturated heterocycles. The van der Waals surface area contributed by atoms with Crippen molar-refractivity contribution in [3.8, 4) is 6.07 Å². The lowest BCUT2D eigenvalue weighted by Gasteiger charge is -2.39. The fourth-order valence-corrected chi connectivity index (χ4v) is 3.02. The SMILES string of the molecule is CCCN1CCN(CC(C#N)(NC)c2ccccc2)CC1. The van der Waals surface area contributed by atoms with Gasteiger partial charge in [0.05, 0.1) is 6.07 Å². The van der Waals surface area contributed by atoms with E-state index in [0.29, 0.717) is 0 Å².